The van der Waals surface area contributed by atoms with Crippen molar-refractivity contribution in [1.29, 1.82) is 0 Å². The molecule has 0 saturated carbocycles. The summed E-state index contributed by atoms with van der Waals surface area (Å²) in [6.07, 6.45) is 3.20. The van der Waals surface area contributed by atoms with Crippen LogP contribution in [0.5, 0.6) is 0 Å². The summed E-state index contributed by atoms with van der Waals surface area (Å²) in [5.74, 6) is 0. The molecule has 0 aliphatic rings. The van der Waals surface area contributed by atoms with Gasteiger partial charge in [-0.15, -0.1) is 12.6 Å². The number of hydrogen-bond donors (Lipinski definition) is 1. The zero-order chi connectivity index (χ0) is 7.56. The topological polar surface area (TPSA) is 30.0 Å². The fraction of sp³-hybridized carbons (Fsp3) is 0.143. The molecular weight excluding hydrogens is 146 g/mol. The molecule has 0 fully saturated rings. The number of carbonyl (C=O) groups is 1. The molecule has 0 spiro atoms. The Labute approximate surface area is 64.7 Å². The summed E-state index contributed by atoms with van der Waals surface area (Å²) < 4.78 is 0. The summed E-state index contributed by atoms with van der Waals surface area (Å²) in [5.41, 5.74) is 1.52. The van der Waals surface area contributed by atoms with Crippen molar-refractivity contribution in [3.05, 3.63) is 29.6 Å². The summed E-state index contributed by atoms with van der Waals surface area (Å²) in [6, 6.07) is 1.75. The van der Waals surface area contributed by atoms with Crippen molar-refractivity contribution in [2.75, 3.05) is 0 Å². The van der Waals surface area contributed by atoms with E-state index >= 15 is 0 Å². The van der Waals surface area contributed by atoms with E-state index in [1.165, 1.54) is 6.20 Å². The molecular formula is C7H7NOS. The molecule has 10 heavy (non-hydrogen) atoms. The first kappa shape index (κ1) is 7.28. The van der Waals surface area contributed by atoms with Gasteiger partial charge in [0.2, 0.25) is 5.12 Å². The molecule has 52 valence electrons. The SMILES string of the molecule is Cc1cncc(C(=O)S)c1. The Morgan fingerprint density at radius 1 is 1.60 bits per heavy atom. The Balaban J connectivity index is 3.07. The van der Waals surface area contributed by atoms with Gasteiger partial charge in [-0.1, -0.05) is 0 Å². The Morgan fingerprint density at radius 3 is 2.70 bits per heavy atom. The lowest BCUT2D eigenvalue weighted by Gasteiger charge is -1.93. The van der Waals surface area contributed by atoms with Crippen LogP contribution < -0.4 is 0 Å². The van der Waals surface area contributed by atoms with E-state index in [0.717, 1.165) is 5.56 Å². The molecule has 1 rings (SSSR count). The lowest BCUT2D eigenvalue weighted by atomic mass is 10.2. The van der Waals surface area contributed by atoms with Gasteiger partial charge in [-0.3, -0.25) is 9.78 Å². The van der Waals surface area contributed by atoms with Crippen molar-refractivity contribution in [2.24, 2.45) is 0 Å². The van der Waals surface area contributed by atoms with Crippen LogP contribution in [0.25, 0.3) is 0 Å². The highest BCUT2D eigenvalue weighted by atomic mass is 32.1. The first-order valence-corrected chi connectivity index (χ1v) is 3.30. The van der Waals surface area contributed by atoms with E-state index in [4.69, 9.17) is 0 Å². The molecule has 0 N–H and O–H groups in total. The summed E-state index contributed by atoms with van der Waals surface area (Å²) in [6.45, 7) is 1.88. The second kappa shape index (κ2) is 2.84. The average Bonchev–Trinajstić information content (AvgIpc) is 1.88. The fourth-order valence-corrected chi connectivity index (χ4v) is 0.794. The molecule has 0 unspecified atom stereocenters. The maximum Gasteiger partial charge on any atom is 0.217 e. The lowest BCUT2D eigenvalue weighted by molar-refractivity contribution is 0.109. The van der Waals surface area contributed by atoms with Crippen LogP contribution in [0, 0.1) is 6.92 Å². The van der Waals surface area contributed by atoms with E-state index in [2.05, 4.69) is 17.6 Å². The van der Waals surface area contributed by atoms with Gasteiger partial charge in [-0.05, 0) is 18.6 Å². The van der Waals surface area contributed by atoms with Gasteiger partial charge in [0, 0.05) is 18.0 Å². The van der Waals surface area contributed by atoms with E-state index in [1.54, 1.807) is 12.3 Å². The van der Waals surface area contributed by atoms with Crippen LogP contribution in [0.2, 0.25) is 0 Å². The standard InChI is InChI=1S/C7H7NOS/c1-5-2-6(7(9)10)4-8-3-5/h2-4H,1H3,(H,9,10). The number of aryl methyl sites for hydroxylation is 1. The molecule has 1 aromatic heterocycles. The third-order valence-electron chi connectivity index (χ3n) is 1.12. The predicted molar refractivity (Wildman–Crippen MR) is 42.3 cm³/mol. The van der Waals surface area contributed by atoms with Crippen LogP contribution >= 0.6 is 12.6 Å². The highest BCUT2D eigenvalue weighted by Gasteiger charge is 1.98. The normalized spacial score (nSPS) is 9.40. The largest absolute Gasteiger partial charge is 0.282 e. The van der Waals surface area contributed by atoms with E-state index in [1.807, 2.05) is 6.92 Å². The van der Waals surface area contributed by atoms with Gasteiger partial charge in [0.15, 0.2) is 0 Å². The monoisotopic (exact) mass is 153 g/mol. The Morgan fingerprint density at radius 2 is 2.30 bits per heavy atom. The number of nitrogens with zero attached hydrogens (tertiary/aromatic N) is 1. The lowest BCUT2D eigenvalue weighted by Crippen LogP contribution is -1.90. The zero-order valence-corrected chi connectivity index (χ0v) is 6.43. The van der Waals surface area contributed by atoms with E-state index in [9.17, 15) is 4.79 Å². The summed E-state index contributed by atoms with van der Waals surface area (Å²) in [7, 11) is 0. The van der Waals surface area contributed by atoms with Gasteiger partial charge in [-0.2, -0.15) is 0 Å². The molecule has 0 aromatic carbocycles. The van der Waals surface area contributed by atoms with Crippen molar-refractivity contribution in [3.63, 3.8) is 0 Å². The van der Waals surface area contributed by atoms with Crippen LogP contribution in [0.1, 0.15) is 15.9 Å². The van der Waals surface area contributed by atoms with Crippen molar-refractivity contribution >= 4 is 17.7 Å². The number of hydrogen-bond acceptors (Lipinski definition) is 2. The van der Waals surface area contributed by atoms with Crippen molar-refractivity contribution in [2.45, 2.75) is 6.92 Å². The molecule has 0 saturated heterocycles. The number of rotatable bonds is 1. The second-order valence-electron chi connectivity index (χ2n) is 2.06. The van der Waals surface area contributed by atoms with Gasteiger partial charge in [0.25, 0.3) is 0 Å². The Hall–Kier alpha value is -0.830. The molecule has 2 nitrogen and oxygen atoms in total. The quantitative estimate of drug-likeness (QED) is 0.619. The number of thiol groups is 1. The number of pyridine rings is 1. The first-order chi connectivity index (χ1) is 4.70. The van der Waals surface area contributed by atoms with Crippen LogP contribution in [0.3, 0.4) is 0 Å². The van der Waals surface area contributed by atoms with Gasteiger partial charge in [-0.25, -0.2) is 0 Å². The molecule has 0 radical (unpaired) electrons. The van der Waals surface area contributed by atoms with E-state index in [-0.39, 0.29) is 5.12 Å². The highest BCUT2D eigenvalue weighted by molar-refractivity contribution is 7.97. The van der Waals surface area contributed by atoms with Crippen LogP contribution in [-0.4, -0.2) is 10.1 Å². The molecule has 0 aliphatic heterocycles. The highest BCUT2D eigenvalue weighted by Crippen LogP contribution is 2.03. The van der Waals surface area contributed by atoms with Gasteiger partial charge >= 0.3 is 0 Å². The number of carbonyl (C=O) groups excluding carboxylic acids is 1. The smallest absolute Gasteiger partial charge is 0.217 e. The molecule has 1 aromatic rings. The van der Waals surface area contributed by atoms with Gasteiger partial charge in [0.05, 0.1) is 0 Å². The molecule has 0 bridgehead atoms. The third kappa shape index (κ3) is 1.57. The summed E-state index contributed by atoms with van der Waals surface area (Å²) in [5, 5.41) is -0.240. The van der Waals surface area contributed by atoms with E-state index in [0.29, 0.717) is 5.56 Å². The summed E-state index contributed by atoms with van der Waals surface area (Å²) >= 11 is 3.66. The summed E-state index contributed by atoms with van der Waals surface area (Å²) in [4.78, 5) is 14.5. The predicted octanol–water partition coefficient (Wildman–Crippen LogP) is 1.46. The van der Waals surface area contributed by atoms with Crippen LogP contribution in [0.15, 0.2) is 18.5 Å². The van der Waals surface area contributed by atoms with Crippen LogP contribution in [0.4, 0.5) is 0 Å². The minimum atomic E-state index is -0.240. The van der Waals surface area contributed by atoms with Gasteiger partial charge in [0.1, 0.15) is 0 Å². The molecule has 3 heteroatoms. The Bertz CT molecular complexity index is 260. The first-order valence-electron chi connectivity index (χ1n) is 2.85. The van der Waals surface area contributed by atoms with Crippen molar-refractivity contribution in [3.8, 4) is 0 Å². The second-order valence-corrected chi connectivity index (χ2v) is 2.46. The van der Waals surface area contributed by atoms with E-state index < -0.39 is 0 Å². The minimum Gasteiger partial charge on any atom is -0.282 e. The maximum absolute atomic E-state index is 10.6. The molecule has 0 aliphatic carbocycles. The average molecular weight is 153 g/mol. The number of aromatic nitrogens is 1. The zero-order valence-electron chi connectivity index (χ0n) is 5.53. The van der Waals surface area contributed by atoms with Crippen LogP contribution in [-0.2, 0) is 0 Å². The maximum atomic E-state index is 10.6. The molecule has 1 heterocycles. The Kier molecular flexibility index (Phi) is 2.06. The fourth-order valence-electron chi connectivity index (χ4n) is 0.672. The van der Waals surface area contributed by atoms with Gasteiger partial charge < -0.3 is 0 Å². The van der Waals surface area contributed by atoms with Crippen molar-refractivity contribution in [1.82, 2.24) is 4.98 Å². The van der Waals surface area contributed by atoms with Crippen molar-refractivity contribution < 1.29 is 4.79 Å². The molecule has 0 atom stereocenters. The third-order valence-corrected chi connectivity index (χ3v) is 1.38. The molecule has 0 amide bonds. The minimum absolute atomic E-state index is 0.240.